The molecule has 0 saturated heterocycles. The van der Waals surface area contributed by atoms with E-state index in [1.54, 1.807) is 0 Å². The van der Waals surface area contributed by atoms with Crippen molar-refractivity contribution >= 4 is 0 Å². The van der Waals surface area contributed by atoms with Gasteiger partial charge in [0.2, 0.25) is 0 Å². The molecule has 1 fully saturated rings. The third-order valence-electron chi connectivity index (χ3n) is 4.51. The molecule has 1 saturated carbocycles. The van der Waals surface area contributed by atoms with Crippen molar-refractivity contribution in [2.75, 3.05) is 0 Å². The molecule has 0 nitrogen and oxygen atoms in total. The zero-order valence-electron chi connectivity index (χ0n) is 12.1. The van der Waals surface area contributed by atoms with Gasteiger partial charge in [-0.05, 0) is 55.3 Å². The van der Waals surface area contributed by atoms with Crippen LogP contribution < -0.4 is 0 Å². The number of hydrogen-bond donors (Lipinski definition) is 0. The summed E-state index contributed by atoms with van der Waals surface area (Å²) >= 11 is 0. The van der Waals surface area contributed by atoms with Crippen LogP contribution in [0.2, 0.25) is 0 Å². The molecular formula is C16H32. The minimum Gasteiger partial charge on any atom is -0.0628 e. The minimum atomic E-state index is 0.869. The van der Waals surface area contributed by atoms with Crippen LogP contribution in [-0.2, 0) is 0 Å². The van der Waals surface area contributed by atoms with Crippen molar-refractivity contribution in [3.63, 3.8) is 0 Å². The molecule has 0 heteroatoms. The monoisotopic (exact) mass is 224 g/mol. The molecule has 0 aromatic rings. The summed E-state index contributed by atoms with van der Waals surface area (Å²) in [5.74, 6) is 4.78. The maximum atomic E-state index is 2.50. The van der Waals surface area contributed by atoms with Crippen molar-refractivity contribution in [2.24, 2.45) is 29.6 Å². The van der Waals surface area contributed by atoms with Gasteiger partial charge in [-0.25, -0.2) is 0 Å². The highest BCUT2D eigenvalue weighted by atomic mass is 14.3. The molecule has 0 aromatic carbocycles. The summed E-state index contributed by atoms with van der Waals surface area (Å²) in [5, 5.41) is 0. The second-order valence-electron chi connectivity index (χ2n) is 6.97. The molecule has 1 aliphatic carbocycles. The molecule has 0 aliphatic heterocycles. The Kier molecular flexibility index (Phi) is 5.86. The fraction of sp³-hybridized carbons (Fsp3) is 1.00. The largest absolute Gasteiger partial charge is 0.0628 e. The van der Waals surface area contributed by atoms with Crippen LogP contribution in [0.25, 0.3) is 0 Å². The highest BCUT2D eigenvalue weighted by Gasteiger charge is 2.24. The minimum absolute atomic E-state index is 0.869. The summed E-state index contributed by atoms with van der Waals surface area (Å²) in [6, 6.07) is 0. The topological polar surface area (TPSA) is 0 Å². The molecule has 0 aromatic heterocycles. The third kappa shape index (κ3) is 4.89. The molecule has 0 spiro atoms. The summed E-state index contributed by atoms with van der Waals surface area (Å²) < 4.78 is 0. The van der Waals surface area contributed by atoms with Gasteiger partial charge in [0, 0.05) is 0 Å². The zero-order chi connectivity index (χ0) is 12.1. The Bertz CT molecular complexity index is 174. The second-order valence-corrected chi connectivity index (χ2v) is 6.97. The summed E-state index contributed by atoms with van der Waals surface area (Å²) in [6.07, 6.45) is 8.82. The summed E-state index contributed by atoms with van der Waals surface area (Å²) in [5.41, 5.74) is 0. The Morgan fingerprint density at radius 1 is 0.875 bits per heavy atom. The van der Waals surface area contributed by atoms with Crippen molar-refractivity contribution < 1.29 is 0 Å². The second kappa shape index (κ2) is 6.67. The van der Waals surface area contributed by atoms with Gasteiger partial charge in [-0.2, -0.15) is 0 Å². The average molecular weight is 224 g/mol. The molecule has 0 heterocycles. The van der Waals surface area contributed by atoms with E-state index in [1.165, 1.54) is 38.5 Å². The smallest absolute Gasteiger partial charge is 0.0388 e. The van der Waals surface area contributed by atoms with Gasteiger partial charge in [-0.3, -0.25) is 0 Å². The van der Waals surface area contributed by atoms with Gasteiger partial charge in [-0.1, -0.05) is 47.5 Å². The highest BCUT2D eigenvalue weighted by Crippen LogP contribution is 2.36. The molecule has 96 valence electrons. The van der Waals surface area contributed by atoms with Crippen LogP contribution in [0.3, 0.4) is 0 Å². The summed E-state index contributed by atoms with van der Waals surface area (Å²) in [4.78, 5) is 0. The molecule has 0 radical (unpaired) electrons. The van der Waals surface area contributed by atoms with Crippen molar-refractivity contribution in [1.82, 2.24) is 0 Å². The number of rotatable bonds is 5. The van der Waals surface area contributed by atoms with Crippen LogP contribution in [-0.4, -0.2) is 0 Å². The van der Waals surface area contributed by atoms with E-state index in [1.807, 2.05) is 0 Å². The highest BCUT2D eigenvalue weighted by molar-refractivity contribution is 4.75. The van der Waals surface area contributed by atoms with Gasteiger partial charge in [0.15, 0.2) is 0 Å². The Morgan fingerprint density at radius 2 is 1.44 bits per heavy atom. The van der Waals surface area contributed by atoms with Crippen molar-refractivity contribution in [3.8, 4) is 0 Å². The van der Waals surface area contributed by atoms with Crippen LogP contribution in [0.1, 0.15) is 73.1 Å². The van der Waals surface area contributed by atoms with Crippen molar-refractivity contribution in [2.45, 2.75) is 73.1 Å². The first kappa shape index (κ1) is 14.1. The Labute approximate surface area is 103 Å². The molecule has 0 bridgehead atoms. The van der Waals surface area contributed by atoms with E-state index in [9.17, 15) is 0 Å². The van der Waals surface area contributed by atoms with Gasteiger partial charge in [0.05, 0.1) is 0 Å². The lowest BCUT2D eigenvalue weighted by molar-refractivity contribution is 0.194. The van der Waals surface area contributed by atoms with Crippen LogP contribution >= 0.6 is 0 Å². The van der Waals surface area contributed by atoms with Crippen molar-refractivity contribution in [3.05, 3.63) is 0 Å². The molecule has 1 aliphatic rings. The van der Waals surface area contributed by atoms with Gasteiger partial charge < -0.3 is 0 Å². The van der Waals surface area contributed by atoms with Gasteiger partial charge >= 0.3 is 0 Å². The standard InChI is InChI=1S/C16H32/c1-12(2)10-14(4)11-15(5)16-8-6-13(3)7-9-16/h12-16H,6-11H2,1-5H3. The molecule has 0 amide bonds. The fourth-order valence-corrected chi connectivity index (χ4v) is 3.58. The summed E-state index contributed by atoms with van der Waals surface area (Å²) in [7, 11) is 0. The van der Waals surface area contributed by atoms with E-state index in [-0.39, 0.29) is 0 Å². The predicted octanol–water partition coefficient (Wildman–Crippen LogP) is 5.52. The third-order valence-corrected chi connectivity index (χ3v) is 4.51. The van der Waals surface area contributed by atoms with Crippen LogP contribution in [0.15, 0.2) is 0 Å². The van der Waals surface area contributed by atoms with E-state index in [2.05, 4.69) is 34.6 Å². The van der Waals surface area contributed by atoms with E-state index in [0.29, 0.717) is 0 Å². The predicted molar refractivity (Wildman–Crippen MR) is 73.5 cm³/mol. The Balaban J connectivity index is 2.26. The first-order valence-electron chi connectivity index (χ1n) is 7.49. The quantitative estimate of drug-likeness (QED) is 0.576. The molecule has 0 N–H and O–H groups in total. The lowest BCUT2D eigenvalue weighted by atomic mass is 9.74. The average Bonchev–Trinajstić information content (AvgIpc) is 2.16. The van der Waals surface area contributed by atoms with E-state index in [4.69, 9.17) is 0 Å². The van der Waals surface area contributed by atoms with E-state index in [0.717, 1.165) is 29.6 Å². The molecule has 2 unspecified atom stereocenters. The molecular weight excluding hydrogens is 192 g/mol. The summed E-state index contributed by atoms with van der Waals surface area (Å²) in [6.45, 7) is 12.1. The first-order valence-corrected chi connectivity index (χ1v) is 7.49. The lowest BCUT2D eigenvalue weighted by Crippen LogP contribution is -2.20. The van der Waals surface area contributed by atoms with E-state index >= 15 is 0 Å². The molecule has 1 rings (SSSR count). The van der Waals surface area contributed by atoms with Crippen LogP contribution in [0.5, 0.6) is 0 Å². The molecule has 16 heavy (non-hydrogen) atoms. The molecule has 2 atom stereocenters. The van der Waals surface area contributed by atoms with Crippen molar-refractivity contribution in [1.29, 1.82) is 0 Å². The van der Waals surface area contributed by atoms with Gasteiger partial charge in [-0.15, -0.1) is 0 Å². The fourth-order valence-electron chi connectivity index (χ4n) is 3.58. The maximum Gasteiger partial charge on any atom is -0.0388 e. The number of hydrogen-bond acceptors (Lipinski definition) is 0. The van der Waals surface area contributed by atoms with Gasteiger partial charge in [0.25, 0.3) is 0 Å². The normalized spacial score (nSPS) is 30.4. The lowest BCUT2D eigenvalue weighted by Gasteiger charge is -2.32. The maximum absolute atomic E-state index is 2.50. The first-order chi connectivity index (χ1) is 7.49. The Hall–Kier alpha value is 0. The van der Waals surface area contributed by atoms with Gasteiger partial charge in [0.1, 0.15) is 0 Å². The van der Waals surface area contributed by atoms with E-state index < -0.39 is 0 Å². The van der Waals surface area contributed by atoms with Crippen LogP contribution in [0, 0.1) is 29.6 Å². The Morgan fingerprint density at radius 3 is 1.94 bits per heavy atom. The zero-order valence-corrected chi connectivity index (χ0v) is 12.1. The van der Waals surface area contributed by atoms with Crippen LogP contribution in [0.4, 0.5) is 0 Å². The SMILES string of the molecule is CC(C)CC(C)CC(C)C1CCC(C)CC1.